The van der Waals surface area contributed by atoms with Crippen molar-refractivity contribution in [3.63, 3.8) is 0 Å². The fourth-order valence-corrected chi connectivity index (χ4v) is 2.07. The molecule has 0 aliphatic carbocycles. The first-order valence-electron chi connectivity index (χ1n) is 8.93. The van der Waals surface area contributed by atoms with E-state index in [1.165, 1.54) is 0 Å². The molecule has 11 nitrogen and oxygen atoms in total. The van der Waals surface area contributed by atoms with E-state index in [-0.39, 0.29) is 12.4 Å². The van der Waals surface area contributed by atoms with Crippen LogP contribution in [0.4, 0.5) is 0 Å². The molecular formula is C19H25N3O8. The van der Waals surface area contributed by atoms with Crippen LogP contribution < -0.4 is 4.74 Å². The maximum absolute atomic E-state index is 11.9. The minimum Gasteiger partial charge on any atom is -0.478 e. The molecule has 0 saturated carbocycles. The summed E-state index contributed by atoms with van der Waals surface area (Å²) in [6, 6.07) is 0. The van der Waals surface area contributed by atoms with E-state index >= 15 is 0 Å². The second-order valence-corrected chi connectivity index (χ2v) is 6.20. The molecule has 2 N–H and O–H groups in total. The van der Waals surface area contributed by atoms with Crippen LogP contribution in [0.3, 0.4) is 0 Å². The molecule has 30 heavy (non-hydrogen) atoms. The SMILES string of the molecule is CCOC(=O)c1nc(OCCN(C)C)c2c(C)c(C)oc2n1.O=C(O)C=CC(=O)O. The fourth-order valence-electron chi connectivity index (χ4n) is 2.07. The summed E-state index contributed by atoms with van der Waals surface area (Å²) >= 11 is 0. The summed E-state index contributed by atoms with van der Waals surface area (Å²) in [5.74, 6) is -2.08. The third-order valence-corrected chi connectivity index (χ3v) is 3.60. The number of ether oxygens (including phenoxy) is 2. The van der Waals surface area contributed by atoms with E-state index in [1.807, 2.05) is 32.8 Å². The molecule has 0 aromatic carbocycles. The molecule has 0 bridgehead atoms. The molecule has 0 saturated heterocycles. The molecule has 11 heteroatoms. The monoisotopic (exact) mass is 423 g/mol. The van der Waals surface area contributed by atoms with Crippen LogP contribution in [-0.2, 0) is 14.3 Å². The number of aromatic nitrogens is 2. The van der Waals surface area contributed by atoms with Gasteiger partial charge in [-0.15, -0.1) is 0 Å². The second kappa shape index (κ2) is 11.5. The summed E-state index contributed by atoms with van der Waals surface area (Å²) in [6.07, 6.45) is 1.12. The molecule has 0 radical (unpaired) electrons. The first-order chi connectivity index (χ1) is 14.1. The van der Waals surface area contributed by atoms with E-state index in [2.05, 4.69) is 9.97 Å². The number of rotatable bonds is 8. The molecule has 2 aromatic heterocycles. The summed E-state index contributed by atoms with van der Waals surface area (Å²) in [6.45, 7) is 6.92. The van der Waals surface area contributed by atoms with Crippen molar-refractivity contribution in [1.82, 2.24) is 14.9 Å². The van der Waals surface area contributed by atoms with Crippen molar-refractivity contribution in [2.45, 2.75) is 20.8 Å². The predicted molar refractivity (Wildman–Crippen MR) is 106 cm³/mol. The Labute approximate surface area is 172 Å². The van der Waals surface area contributed by atoms with Crippen LogP contribution in [0.25, 0.3) is 11.1 Å². The van der Waals surface area contributed by atoms with Gasteiger partial charge in [-0.05, 0) is 34.9 Å². The molecule has 164 valence electrons. The minimum atomic E-state index is -1.26. The molecule has 0 unspecified atom stereocenters. The number of carbonyl (C=O) groups is 3. The number of carboxylic acids is 2. The number of hydrogen-bond donors (Lipinski definition) is 2. The van der Waals surface area contributed by atoms with E-state index in [9.17, 15) is 14.4 Å². The normalized spacial score (nSPS) is 10.7. The zero-order chi connectivity index (χ0) is 22.8. The zero-order valence-corrected chi connectivity index (χ0v) is 17.5. The maximum atomic E-state index is 11.9. The van der Waals surface area contributed by atoms with Gasteiger partial charge in [0.2, 0.25) is 17.4 Å². The first kappa shape index (κ1) is 24.6. The highest BCUT2D eigenvalue weighted by Crippen LogP contribution is 2.30. The van der Waals surface area contributed by atoms with Gasteiger partial charge < -0.3 is 29.0 Å². The van der Waals surface area contributed by atoms with Crippen molar-refractivity contribution < 1.29 is 38.5 Å². The quantitative estimate of drug-likeness (QED) is 0.471. The van der Waals surface area contributed by atoms with Crippen molar-refractivity contribution in [3.05, 3.63) is 29.3 Å². The topological polar surface area (TPSA) is 152 Å². The first-order valence-corrected chi connectivity index (χ1v) is 8.93. The van der Waals surface area contributed by atoms with Gasteiger partial charge in [0, 0.05) is 24.3 Å². The van der Waals surface area contributed by atoms with Gasteiger partial charge in [-0.1, -0.05) is 0 Å². The molecule has 0 spiro atoms. The van der Waals surface area contributed by atoms with E-state index in [1.54, 1.807) is 6.92 Å². The number of aliphatic carboxylic acids is 2. The van der Waals surface area contributed by atoms with Crippen molar-refractivity contribution in [1.29, 1.82) is 0 Å². The van der Waals surface area contributed by atoms with Crippen LogP contribution in [0.5, 0.6) is 5.88 Å². The number of fused-ring (bicyclic) bond motifs is 1. The van der Waals surface area contributed by atoms with Crippen LogP contribution in [0.1, 0.15) is 28.9 Å². The van der Waals surface area contributed by atoms with Gasteiger partial charge in [-0.3, -0.25) is 0 Å². The number of nitrogens with zero attached hydrogens (tertiary/aromatic N) is 3. The van der Waals surface area contributed by atoms with Crippen molar-refractivity contribution >= 4 is 29.0 Å². The average Bonchev–Trinajstić information content (AvgIpc) is 2.94. The van der Waals surface area contributed by atoms with E-state index < -0.39 is 17.9 Å². The van der Waals surface area contributed by atoms with Gasteiger partial charge in [-0.25, -0.2) is 14.4 Å². The molecule has 0 aliphatic heterocycles. The van der Waals surface area contributed by atoms with Crippen LogP contribution in [-0.4, -0.2) is 76.8 Å². The maximum Gasteiger partial charge on any atom is 0.376 e. The smallest absolute Gasteiger partial charge is 0.376 e. The largest absolute Gasteiger partial charge is 0.478 e. The molecule has 2 aromatic rings. The number of aryl methyl sites for hydroxylation is 2. The predicted octanol–water partition coefficient (Wildman–Crippen LogP) is 1.67. The van der Waals surface area contributed by atoms with Gasteiger partial charge in [0.25, 0.3) is 0 Å². The Hall–Kier alpha value is -3.47. The van der Waals surface area contributed by atoms with Crippen LogP contribution >= 0.6 is 0 Å². The Morgan fingerprint density at radius 3 is 2.20 bits per heavy atom. The lowest BCUT2D eigenvalue weighted by atomic mass is 10.2. The molecule has 2 rings (SSSR count). The number of esters is 1. The molecule has 2 heterocycles. The Kier molecular flexibility index (Phi) is 9.43. The summed E-state index contributed by atoms with van der Waals surface area (Å²) in [4.78, 5) is 41.3. The third-order valence-electron chi connectivity index (χ3n) is 3.60. The van der Waals surface area contributed by atoms with Crippen molar-refractivity contribution in [2.75, 3.05) is 33.9 Å². The van der Waals surface area contributed by atoms with Crippen molar-refractivity contribution in [3.8, 4) is 5.88 Å². The lowest BCUT2D eigenvalue weighted by molar-refractivity contribution is -0.134. The highest BCUT2D eigenvalue weighted by atomic mass is 16.5. The van der Waals surface area contributed by atoms with Gasteiger partial charge >= 0.3 is 17.9 Å². The number of furan rings is 1. The third kappa shape index (κ3) is 7.51. The summed E-state index contributed by atoms with van der Waals surface area (Å²) in [5, 5.41) is 16.3. The van der Waals surface area contributed by atoms with E-state index in [0.717, 1.165) is 17.9 Å². The highest BCUT2D eigenvalue weighted by molar-refractivity contribution is 5.91. The molecule has 0 fully saturated rings. The average molecular weight is 423 g/mol. The number of hydrogen-bond acceptors (Lipinski definition) is 9. The standard InChI is InChI=1S/C15H21N3O4.C4H4O4/c1-6-20-15(19)12-16-13(21-8-7-18(4)5)11-9(2)10(3)22-14(11)17-12;5-3(6)1-2-4(7)8/h6-8H2,1-5H3;1-2H,(H,5,6)(H,7,8). The lowest BCUT2D eigenvalue weighted by Crippen LogP contribution is -2.20. The Bertz CT molecular complexity index is 917. The molecular weight excluding hydrogens is 398 g/mol. The summed E-state index contributed by atoms with van der Waals surface area (Å²) < 4.78 is 16.3. The van der Waals surface area contributed by atoms with Gasteiger partial charge in [0.1, 0.15) is 17.8 Å². The number of carbonyl (C=O) groups excluding carboxylic acids is 1. The molecule has 0 atom stereocenters. The molecule has 0 aliphatic rings. The Balaban J connectivity index is 0.000000479. The highest BCUT2D eigenvalue weighted by Gasteiger charge is 2.21. The Morgan fingerprint density at radius 1 is 1.10 bits per heavy atom. The van der Waals surface area contributed by atoms with Crippen molar-refractivity contribution in [2.24, 2.45) is 0 Å². The fraction of sp³-hybridized carbons (Fsp3) is 0.421. The lowest BCUT2D eigenvalue weighted by Gasteiger charge is -2.11. The molecule has 0 amide bonds. The number of carboxylic acid groups (broad SMARTS) is 2. The van der Waals surface area contributed by atoms with Gasteiger partial charge in [-0.2, -0.15) is 9.97 Å². The van der Waals surface area contributed by atoms with Gasteiger partial charge in [0.05, 0.1) is 6.61 Å². The van der Waals surface area contributed by atoms with Crippen LogP contribution in [0.15, 0.2) is 16.6 Å². The van der Waals surface area contributed by atoms with Crippen LogP contribution in [0.2, 0.25) is 0 Å². The van der Waals surface area contributed by atoms with E-state index in [4.69, 9.17) is 24.1 Å². The van der Waals surface area contributed by atoms with E-state index in [0.29, 0.717) is 35.7 Å². The number of likely N-dealkylation sites (N-methyl/N-ethyl adjacent to an activating group) is 1. The minimum absolute atomic E-state index is 0.0528. The summed E-state index contributed by atoms with van der Waals surface area (Å²) in [7, 11) is 3.91. The van der Waals surface area contributed by atoms with Gasteiger partial charge in [0.15, 0.2) is 0 Å². The Morgan fingerprint density at radius 2 is 1.70 bits per heavy atom. The van der Waals surface area contributed by atoms with Crippen LogP contribution in [0, 0.1) is 13.8 Å². The summed E-state index contributed by atoms with van der Waals surface area (Å²) in [5.41, 5.74) is 1.25. The zero-order valence-electron chi connectivity index (χ0n) is 17.5. The second-order valence-electron chi connectivity index (χ2n) is 6.20.